The minimum absolute atomic E-state index is 0.0756. The maximum absolute atomic E-state index is 12.8. The number of nitrogens with one attached hydrogen (secondary N) is 1. The second-order valence-electron chi connectivity index (χ2n) is 7.16. The third kappa shape index (κ3) is 2.87. The van der Waals surface area contributed by atoms with Gasteiger partial charge in [0.1, 0.15) is 11.3 Å². The number of carbonyl (C=O) groups is 1. The first kappa shape index (κ1) is 18.8. The maximum Gasteiger partial charge on any atom is 0.340 e. The van der Waals surface area contributed by atoms with E-state index in [1.165, 1.54) is 0 Å². The zero-order valence-electron chi connectivity index (χ0n) is 16.2. The number of ether oxygens (including phenoxy) is 2. The molecule has 30 heavy (non-hydrogen) atoms. The maximum atomic E-state index is 12.8. The molecule has 3 N–H and O–H groups in total. The summed E-state index contributed by atoms with van der Waals surface area (Å²) in [6, 6.07) is 19.9. The lowest BCUT2D eigenvalue weighted by Gasteiger charge is -2.29. The van der Waals surface area contributed by atoms with Gasteiger partial charge < -0.3 is 20.2 Å². The van der Waals surface area contributed by atoms with Crippen molar-refractivity contribution in [3.63, 3.8) is 0 Å². The minimum Gasteiger partial charge on any atom is -0.462 e. The summed E-state index contributed by atoms with van der Waals surface area (Å²) in [5.74, 6) is -0.110. The first-order valence-electron chi connectivity index (χ1n) is 9.72. The molecule has 0 saturated heterocycles. The molecule has 5 nitrogen and oxygen atoms in total. The summed E-state index contributed by atoms with van der Waals surface area (Å²) in [4.78, 5) is 16.3. The Morgan fingerprint density at radius 1 is 1.10 bits per heavy atom. The van der Waals surface area contributed by atoms with Gasteiger partial charge in [-0.2, -0.15) is 0 Å². The second kappa shape index (κ2) is 7.22. The van der Waals surface area contributed by atoms with Crippen LogP contribution in [0.25, 0.3) is 21.8 Å². The van der Waals surface area contributed by atoms with E-state index in [-0.39, 0.29) is 18.4 Å². The molecule has 3 aromatic carbocycles. The van der Waals surface area contributed by atoms with Crippen LogP contribution in [0.3, 0.4) is 0 Å². The molecule has 0 amide bonds. The molecule has 1 aliphatic heterocycles. The molecule has 0 radical (unpaired) electrons. The zero-order chi connectivity index (χ0) is 20.8. The molecule has 1 unspecified atom stereocenters. The van der Waals surface area contributed by atoms with Gasteiger partial charge in [-0.05, 0) is 36.8 Å². The lowest BCUT2D eigenvalue weighted by Crippen LogP contribution is -2.27. The van der Waals surface area contributed by atoms with E-state index in [9.17, 15) is 4.79 Å². The van der Waals surface area contributed by atoms with Gasteiger partial charge in [-0.3, -0.25) is 0 Å². The van der Waals surface area contributed by atoms with Crippen LogP contribution in [0.2, 0.25) is 0 Å². The van der Waals surface area contributed by atoms with Crippen LogP contribution in [0.4, 0.5) is 0 Å². The van der Waals surface area contributed by atoms with Gasteiger partial charge in [-0.15, -0.1) is 0 Å². The number of aromatic amines is 1. The number of nitrogens with two attached hydrogens (primary N) is 1. The summed E-state index contributed by atoms with van der Waals surface area (Å²) in [6.45, 7) is 2.04. The van der Waals surface area contributed by atoms with Gasteiger partial charge in [-0.25, -0.2) is 4.79 Å². The van der Waals surface area contributed by atoms with Crippen molar-refractivity contribution in [3.05, 3.63) is 87.7 Å². The molecular weight excluding hydrogens is 444 g/mol. The van der Waals surface area contributed by atoms with Crippen LogP contribution in [0.5, 0.6) is 5.75 Å². The quantitative estimate of drug-likeness (QED) is 0.402. The number of rotatable bonds is 3. The van der Waals surface area contributed by atoms with Gasteiger partial charge in [0.15, 0.2) is 0 Å². The molecule has 0 saturated carbocycles. The standard InChI is InChI=1S/C24H19BrN2O3/c1-2-29-24(28)21-19(13-7-9-14(25)10-8-13)16-11-12-18-20(22(16)30-23(21)26)15-5-3-4-6-17(15)27-18/h3-12,19,27H,2,26H2,1H3. The van der Waals surface area contributed by atoms with Crippen molar-refractivity contribution in [2.45, 2.75) is 12.8 Å². The van der Waals surface area contributed by atoms with Crippen molar-refractivity contribution in [2.75, 3.05) is 6.61 Å². The first-order valence-corrected chi connectivity index (χ1v) is 10.5. The molecule has 6 heteroatoms. The van der Waals surface area contributed by atoms with Crippen molar-refractivity contribution in [1.82, 2.24) is 4.98 Å². The molecule has 0 aliphatic carbocycles. The largest absolute Gasteiger partial charge is 0.462 e. The highest BCUT2D eigenvalue weighted by Crippen LogP contribution is 2.47. The van der Waals surface area contributed by atoms with E-state index < -0.39 is 5.97 Å². The van der Waals surface area contributed by atoms with Gasteiger partial charge in [0, 0.05) is 20.9 Å². The van der Waals surface area contributed by atoms with Crippen LogP contribution in [0, 0.1) is 0 Å². The van der Waals surface area contributed by atoms with Crippen LogP contribution < -0.4 is 10.5 Å². The van der Waals surface area contributed by atoms with Gasteiger partial charge >= 0.3 is 5.97 Å². The Morgan fingerprint density at radius 3 is 2.63 bits per heavy atom. The third-order valence-corrected chi connectivity index (χ3v) is 5.96. The zero-order valence-corrected chi connectivity index (χ0v) is 17.8. The molecular formula is C24H19BrN2O3. The van der Waals surface area contributed by atoms with Crippen LogP contribution in [-0.2, 0) is 9.53 Å². The highest BCUT2D eigenvalue weighted by Gasteiger charge is 2.36. The number of para-hydroxylation sites is 1. The number of hydrogen-bond acceptors (Lipinski definition) is 4. The summed E-state index contributed by atoms with van der Waals surface area (Å²) in [5, 5.41) is 2.00. The van der Waals surface area contributed by atoms with Crippen molar-refractivity contribution in [3.8, 4) is 5.75 Å². The summed E-state index contributed by atoms with van der Waals surface area (Å²) in [5.41, 5.74) is 10.4. The molecule has 150 valence electrons. The van der Waals surface area contributed by atoms with Gasteiger partial charge in [0.25, 0.3) is 0 Å². The average molecular weight is 463 g/mol. The normalized spacial score (nSPS) is 15.9. The Balaban J connectivity index is 1.80. The summed E-state index contributed by atoms with van der Waals surface area (Å²) >= 11 is 3.48. The van der Waals surface area contributed by atoms with Crippen LogP contribution in [0.15, 0.2) is 76.6 Å². The average Bonchev–Trinajstić information content (AvgIpc) is 3.12. The van der Waals surface area contributed by atoms with Gasteiger partial charge in [0.05, 0.1) is 23.4 Å². The second-order valence-corrected chi connectivity index (χ2v) is 8.08. The van der Waals surface area contributed by atoms with Crippen LogP contribution in [-0.4, -0.2) is 17.6 Å². The fourth-order valence-corrected chi connectivity index (χ4v) is 4.42. The van der Waals surface area contributed by atoms with E-state index in [2.05, 4.69) is 20.9 Å². The molecule has 0 fully saturated rings. The van der Waals surface area contributed by atoms with E-state index in [0.29, 0.717) is 11.3 Å². The summed E-state index contributed by atoms with van der Waals surface area (Å²) in [7, 11) is 0. The monoisotopic (exact) mass is 462 g/mol. The molecule has 1 aliphatic rings. The fraction of sp³-hybridized carbons (Fsp3) is 0.125. The number of hydrogen-bond donors (Lipinski definition) is 2. The van der Waals surface area contributed by atoms with Crippen LogP contribution >= 0.6 is 15.9 Å². The number of fused-ring (bicyclic) bond motifs is 5. The number of halogens is 1. The fourth-order valence-electron chi connectivity index (χ4n) is 4.15. The minimum atomic E-state index is -0.465. The molecule has 1 atom stereocenters. The highest BCUT2D eigenvalue weighted by molar-refractivity contribution is 9.10. The lowest BCUT2D eigenvalue weighted by atomic mass is 9.82. The predicted octanol–water partition coefficient (Wildman–Crippen LogP) is 5.34. The smallest absolute Gasteiger partial charge is 0.340 e. The third-order valence-electron chi connectivity index (χ3n) is 5.43. The Labute approximate surface area is 181 Å². The van der Waals surface area contributed by atoms with Gasteiger partial charge in [-0.1, -0.05) is 52.3 Å². The molecule has 1 aromatic heterocycles. The van der Waals surface area contributed by atoms with E-state index in [4.69, 9.17) is 15.2 Å². The Bertz CT molecular complexity index is 1320. The van der Waals surface area contributed by atoms with E-state index in [1.54, 1.807) is 6.92 Å². The van der Waals surface area contributed by atoms with Crippen molar-refractivity contribution in [2.24, 2.45) is 5.73 Å². The van der Waals surface area contributed by atoms with Crippen molar-refractivity contribution < 1.29 is 14.3 Å². The Hall–Kier alpha value is -3.25. The van der Waals surface area contributed by atoms with Crippen molar-refractivity contribution >= 4 is 43.7 Å². The molecule has 0 bridgehead atoms. The number of carbonyl (C=O) groups excluding carboxylic acids is 1. The number of H-pyrrole nitrogens is 1. The SMILES string of the molecule is CCOC(=O)C1=C(N)Oc2c(ccc3[nH]c4ccccc4c23)C1c1ccc(Br)cc1. The van der Waals surface area contributed by atoms with Crippen LogP contribution in [0.1, 0.15) is 24.0 Å². The molecule has 0 spiro atoms. The number of aromatic nitrogens is 1. The predicted molar refractivity (Wildman–Crippen MR) is 120 cm³/mol. The number of esters is 1. The molecule has 4 aromatic rings. The summed E-state index contributed by atoms with van der Waals surface area (Å²) < 4.78 is 12.4. The van der Waals surface area contributed by atoms with Gasteiger partial charge in [0.2, 0.25) is 5.88 Å². The van der Waals surface area contributed by atoms with Crippen molar-refractivity contribution in [1.29, 1.82) is 0 Å². The van der Waals surface area contributed by atoms with E-state index >= 15 is 0 Å². The number of benzene rings is 3. The topological polar surface area (TPSA) is 77.3 Å². The van der Waals surface area contributed by atoms with E-state index in [0.717, 1.165) is 37.4 Å². The molecule has 2 heterocycles. The van der Waals surface area contributed by atoms with E-state index in [1.807, 2.05) is 60.7 Å². The molecule has 5 rings (SSSR count). The lowest BCUT2D eigenvalue weighted by molar-refractivity contribution is -0.139. The Kier molecular flexibility index (Phi) is 4.51. The summed E-state index contributed by atoms with van der Waals surface area (Å²) in [6.07, 6.45) is 0. The highest BCUT2D eigenvalue weighted by atomic mass is 79.9. The first-order chi connectivity index (χ1) is 14.6. The Morgan fingerprint density at radius 2 is 1.87 bits per heavy atom.